The minimum Gasteiger partial charge on any atom is -0.462 e. The molecule has 0 saturated heterocycles. The largest absolute Gasteiger partial charge is 0.462 e. The summed E-state index contributed by atoms with van der Waals surface area (Å²) < 4.78 is 4.94. The quantitative estimate of drug-likeness (QED) is 0.830. The molecular formula is C14H16N4O2. The lowest BCUT2D eigenvalue weighted by atomic mass is 10.2. The van der Waals surface area contributed by atoms with Crippen molar-refractivity contribution in [3.8, 4) is 0 Å². The van der Waals surface area contributed by atoms with Gasteiger partial charge < -0.3 is 15.8 Å². The average molecular weight is 272 g/mol. The van der Waals surface area contributed by atoms with Crippen molar-refractivity contribution in [2.45, 2.75) is 13.8 Å². The van der Waals surface area contributed by atoms with Gasteiger partial charge in [0.25, 0.3) is 0 Å². The van der Waals surface area contributed by atoms with Crippen LogP contribution >= 0.6 is 0 Å². The van der Waals surface area contributed by atoms with Gasteiger partial charge in [-0.05, 0) is 32.0 Å². The molecule has 0 saturated carbocycles. The molecule has 0 atom stereocenters. The number of nitrogens with zero attached hydrogens (tertiary/aromatic N) is 2. The van der Waals surface area contributed by atoms with Crippen LogP contribution in [0.15, 0.2) is 30.6 Å². The molecule has 2 heterocycles. The molecule has 0 aliphatic carbocycles. The van der Waals surface area contributed by atoms with E-state index in [-0.39, 0.29) is 5.69 Å². The molecule has 3 N–H and O–H groups in total. The van der Waals surface area contributed by atoms with Crippen LogP contribution in [0, 0.1) is 6.92 Å². The summed E-state index contributed by atoms with van der Waals surface area (Å²) in [6.07, 6.45) is 3.12. The number of ether oxygens (including phenoxy) is 1. The van der Waals surface area contributed by atoms with Gasteiger partial charge in [-0.25, -0.2) is 9.78 Å². The van der Waals surface area contributed by atoms with E-state index in [9.17, 15) is 4.79 Å². The third-order valence-corrected chi connectivity index (χ3v) is 2.61. The van der Waals surface area contributed by atoms with Crippen LogP contribution in [0.5, 0.6) is 0 Å². The van der Waals surface area contributed by atoms with Gasteiger partial charge >= 0.3 is 5.97 Å². The highest BCUT2D eigenvalue weighted by molar-refractivity contribution is 5.95. The number of carbonyl (C=O) groups excluding carboxylic acids is 1. The molecule has 2 aromatic rings. The summed E-state index contributed by atoms with van der Waals surface area (Å²) in [5.41, 5.74) is 8.02. The number of hydrogen-bond donors (Lipinski definition) is 2. The molecule has 0 aromatic carbocycles. The zero-order valence-electron chi connectivity index (χ0n) is 11.4. The smallest absolute Gasteiger partial charge is 0.340 e. The maximum absolute atomic E-state index is 11.7. The van der Waals surface area contributed by atoms with E-state index in [1.165, 1.54) is 6.20 Å². The molecule has 6 nitrogen and oxygen atoms in total. The summed E-state index contributed by atoms with van der Waals surface area (Å²) in [5, 5.41) is 3.06. The number of nitrogens with one attached hydrogen (secondary N) is 1. The maximum atomic E-state index is 11.7. The number of nitrogens with two attached hydrogens (primary N) is 1. The lowest BCUT2D eigenvalue weighted by molar-refractivity contribution is 0.0527. The Labute approximate surface area is 117 Å². The molecule has 0 radical (unpaired) electrons. The van der Waals surface area contributed by atoms with Crippen molar-refractivity contribution in [3.05, 3.63) is 41.9 Å². The SMILES string of the molecule is CCOC(=O)c1cc(Nc2ccc(C)nc2)ncc1N. The Hall–Kier alpha value is -2.63. The number of pyridine rings is 2. The first-order chi connectivity index (χ1) is 9.60. The number of nitrogen functional groups attached to an aromatic ring is 1. The second kappa shape index (κ2) is 6.01. The second-order valence-electron chi connectivity index (χ2n) is 4.19. The molecule has 0 aliphatic rings. The normalized spacial score (nSPS) is 10.1. The van der Waals surface area contributed by atoms with Gasteiger partial charge in [-0.2, -0.15) is 0 Å². The van der Waals surface area contributed by atoms with Crippen LogP contribution < -0.4 is 11.1 Å². The number of carbonyl (C=O) groups is 1. The lowest BCUT2D eigenvalue weighted by Crippen LogP contribution is -2.09. The van der Waals surface area contributed by atoms with Crippen LogP contribution in [0.4, 0.5) is 17.2 Å². The molecule has 0 spiro atoms. The fourth-order valence-electron chi connectivity index (χ4n) is 1.61. The predicted octanol–water partition coefficient (Wildman–Crippen LogP) is 2.29. The van der Waals surface area contributed by atoms with Crippen LogP contribution in [0.3, 0.4) is 0 Å². The molecule has 0 unspecified atom stereocenters. The van der Waals surface area contributed by atoms with Gasteiger partial charge in [0.1, 0.15) is 5.82 Å². The Balaban J connectivity index is 2.22. The van der Waals surface area contributed by atoms with Crippen LogP contribution in [0.2, 0.25) is 0 Å². The number of anilines is 3. The van der Waals surface area contributed by atoms with E-state index >= 15 is 0 Å². The summed E-state index contributed by atoms with van der Waals surface area (Å²) in [5.74, 6) is 0.0467. The van der Waals surface area contributed by atoms with Crippen molar-refractivity contribution in [3.63, 3.8) is 0 Å². The van der Waals surface area contributed by atoms with Crippen LogP contribution in [0.25, 0.3) is 0 Å². The predicted molar refractivity (Wildman–Crippen MR) is 76.9 cm³/mol. The van der Waals surface area contributed by atoms with Crippen molar-refractivity contribution in [2.75, 3.05) is 17.7 Å². The molecule has 0 fully saturated rings. The minimum absolute atomic E-state index is 0.288. The van der Waals surface area contributed by atoms with Crippen LogP contribution in [-0.2, 0) is 4.74 Å². The average Bonchev–Trinajstić information content (AvgIpc) is 2.43. The van der Waals surface area contributed by atoms with Gasteiger partial charge in [0.05, 0.1) is 35.9 Å². The van der Waals surface area contributed by atoms with E-state index in [0.29, 0.717) is 18.0 Å². The Morgan fingerprint density at radius 2 is 2.15 bits per heavy atom. The minimum atomic E-state index is -0.461. The topological polar surface area (TPSA) is 90.1 Å². The van der Waals surface area contributed by atoms with Gasteiger partial charge in [0.2, 0.25) is 0 Å². The monoisotopic (exact) mass is 272 g/mol. The number of rotatable bonds is 4. The first-order valence-corrected chi connectivity index (χ1v) is 6.22. The van der Waals surface area contributed by atoms with Crippen LogP contribution in [-0.4, -0.2) is 22.5 Å². The van der Waals surface area contributed by atoms with Gasteiger partial charge in [0, 0.05) is 5.69 Å². The van der Waals surface area contributed by atoms with Crippen molar-refractivity contribution in [2.24, 2.45) is 0 Å². The van der Waals surface area contributed by atoms with E-state index in [2.05, 4.69) is 15.3 Å². The molecule has 0 bridgehead atoms. The summed E-state index contributed by atoms with van der Waals surface area (Å²) in [6, 6.07) is 5.32. The Bertz CT molecular complexity index is 611. The second-order valence-corrected chi connectivity index (χ2v) is 4.19. The number of esters is 1. The summed E-state index contributed by atoms with van der Waals surface area (Å²) in [7, 11) is 0. The molecule has 104 valence electrons. The fraction of sp³-hybridized carbons (Fsp3) is 0.214. The highest BCUT2D eigenvalue weighted by atomic mass is 16.5. The number of aromatic nitrogens is 2. The van der Waals surface area contributed by atoms with Crippen molar-refractivity contribution < 1.29 is 9.53 Å². The molecular weight excluding hydrogens is 256 g/mol. The van der Waals surface area contributed by atoms with E-state index < -0.39 is 5.97 Å². The van der Waals surface area contributed by atoms with Gasteiger partial charge in [0.15, 0.2) is 0 Å². The van der Waals surface area contributed by atoms with Crippen molar-refractivity contribution in [1.82, 2.24) is 9.97 Å². The highest BCUT2D eigenvalue weighted by Gasteiger charge is 2.12. The van der Waals surface area contributed by atoms with E-state index in [0.717, 1.165) is 11.4 Å². The Morgan fingerprint density at radius 1 is 1.35 bits per heavy atom. The van der Waals surface area contributed by atoms with Crippen molar-refractivity contribution >= 4 is 23.2 Å². The van der Waals surface area contributed by atoms with Crippen molar-refractivity contribution in [1.29, 1.82) is 0 Å². The van der Waals surface area contributed by atoms with E-state index in [1.54, 1.807) is 19.2 Å². The molecule has 6 heteroatoms. The first-order valence-electron chi connectivity index (χ1n) is 6.22. The molecule has 0 aliphatic heterocycles. The van der Waals surface area contributed by atoms with E-state index in [1.807, 2.05) is 19.1 Å². The summed E-state index contributed by atoms with van der Waals surface area (Å²) >= 11 is 0. The summed E-state index contributed by atoms with van der Waals surface area (Å²) in [6.45, 7) is 3.95. The lowest BCUT2D eigenvalue weighted by Gasteiger charge is -2.09. The molecule has 20 heavy (non-hydrogen) atoms. The fourth-order valence-corrected chi connectivity index (χ4v) is 1.61. The van der Waals surface area contributed by atoms with E-state index in [4.69, 9.17) is 10.5 Å². The number of hydrogen-bond acceptors (Lipinski definition) is 6. The van der Waals surface area contributed by atoms with Gasteiger partial charge in [-0.1, -0.05) is 0 Å². The Kier molecular flexibility index (Phi) is 4.14. The zero-order valence-corrected chi connectivity index (χ0v) is 11.4. The van der Waals surface area contributed by atoms with Crippen LogP contribution in [0.1, 0.15) is 23.0 Å². The highest BCUT2D eigenvalue weighted by Crippen LogP contribution is 2.19. The third-order valence-electron chi connectivity index (χ3n) is 2.61. The zero-order chi connectivity index (χ0) is 14.5. The van der Waals surface area contributed by atoms with Gasteiger partial charge in [-0.3, -0.25) is 4.98 Å². The Morgan fingerprint density at radius 3 is 2.80 bits per heavy atom. The standard InChI is InChI=1S/C14H16N4O2/c1-3-20-14(19)11-6-13(17-8-12(11)15)18-10-5-4-9(2)16-7-10/h4-8H,3,15H2,1-2H3,(H,17,18). The summed E-state index contributed by atoms with van der Waals surface area (Å²) in [4.78, 5) is 20.0. The molecule has 0 amide bonds. The third kappa shape index (κ3) is 3.23. The molecule has 2 aromatic heterocycles. The maximum Gasteiger partial charge on any atom is 0.340 e. The molecule has 2 rings (SSSR count). The number of aryl methyl sites for hydroxylation is 1. The van der Waals surface area contributed by atoms with Gasteiger partial charge in [-0.15, -0.1) is 0 Å². The first kappa shape index (κ1) is 13.8.